The lowest BCUT2D eigenvalue weighted by Gasteiger charge is -2.18. The van der Waals surface area contributed by atoms with Crippen molar-refractivity contribution in [2.75, 3.05) is 6.79 Å². The predicted molar refractivity (Wildman–Crippen MR) is 96.5 cm³/mol. The Bertz CT molecular complexity index is 854. The molecule has 0 spiro atoms. The summed E-state index contributed by atoms with van der Waals surface area (Å²) in [6.45, 7) is 3.38. The summed E-state index contributed by atoms with van der Waals surface area (Å²) in [6.07, 6.45) is -1.95. The molecule has 0 radical (unpaired) electrons. The number of carbonyl (C=O) groups is 2. The molecular weight excluding hydrogens is 369 g/mol. The molecule has 1 aliphatic rings. The van der Waals surface area contributed by atoms with E-state index in [2.05, 4.69) is 5.32 Å². The highest BCUT2D eigenvalue weighted by molar-refractivity contribution is 5.84. The van der Waals surface area contributed by atoms with Crippen LogP contribution in [0.5, 0.6) is 17.2 Å². The molecule has 1 aliphatic heterocycles. The largest absolute Gasteiger partial charge is 0.479 e. The summed E-state index contributed by atoms with van der Waals surface area (Å²) in [5.74, 6) is 0.0571. The molecule has 8 heteroatoms. The summed E-state index contributed by atoms with van der Waals surface area (Å²) < 4.78 is 33.9. The zero-order chi connectivity index (χ0) is 20.1. The fraction of sp³-hybridized carbons (Fsp3) is 0.300. The Morgan fingerprint density at radius 1 is 1.07 bits per heavy atom. The first-order valence-corrected chi connectivity index (χ1v) is 8.71. The Kier molecular flexibility index (Phi) is 5.98. The van der Waals surface area contributed by atoms with E-state index in [-0.39, 0.29) is 13.3 Å². The molecule has 28 heavy (non-hydrogen) atoms. The number of hydrogen-bond acceptors (Lipinski definition) is 6. The van der Waals surface area contributed by atoms with Crippen LogP contribution in [-0.2, 0) is 20.9 Å². The fourth-order valence-electron chi connectivity index (χ4n) is 2.47. The summed E-state index contributed by atoms with van der Waals surface area (Å²) in [6, 6.07) is 10.6. The molecule has 0 fully saturated rings. The van der Waals surface area contributed by atoms with Crippen LogP contribution >= 0.6 is 0 Å². The van der Waals surface area contributed by atoms with Gasteiger partial charge in [-0.05, 0) is 55.8 Å². The van der Waals surface area contributed by atoms with Gasteiger partial charge in [-0.15, -0.1) is 0 Å². The van der Waals surface area contributed by atoms with Crippen LogP contribution < -0.4 is 19.5 Å². The first-order chi connectivity index (χ1) is 13.4. The summed E-state index contributed by atoms with van der Waals surface area (Å²) in [5, 5.41) is 2.70. The molecule has 7 nitrogen and oxygen atoms in total. The van der Waals surface area contributed by atoms with Crippen molar-refractivity contribution in [2.24, 2.45) is 0 Å². The van der Waals surface area contributed by atoms with E-state index >= 15 is 0 Å². The Morgan fingerprint density at radius 3 is 2.54 bits per heavy atom. The summed E-state index contributed by atoms with van der Waals surface area (Å²) in [4.78, 5) is 24.3. The molecule has 3 rings (SSSR count). The molecule has 0 saturated carbocycles. The molecular formula is C20H20FNO6. The van der Waals surface area contributed by atoms with Crippen molar-refractivity contribution >= 4 is 11.9 Å². The van der Waals surface area contributed by atoms with Crippen LogP contribution in [-0.4, -0.2) is 30.9 Å². The minimum Gasteiger partial charge on any atom is -0.479 e. The van der Waals surface area contributed by atoms with Gasteiger partial charge in [0.2, 0.25) is 6.79 Å². The minimum absolute atomic E-state index is 0.177. The van der Waals surface area contributed by atoms with Crippen molar-refractivity contribution in [1.82, 2.24) is 5.32 Å². The maximum absolute atomic E-state index is 12.9. The van der Waals surface area contributed by atoms with Crippen molar-refractivity contribution in [3.05, 3.63) is 53.8 Å². The number of ether oxygens (including phenoxy) is 4. The van der Waals surface area contributed by atoms with Crippen molar-refractivity contribution in [3.63, 3.8) is 0 Å². The highest BCUT2D eigenvalue weighted by Gasteiger charge is 2.23. The van der Waals surface area contributed by atoms with Gasteiger partial charge in [-0.3, -0.25) is 4.79 Å². The second-order valence-electron chi connectivity index (χ2n) is 6.20. The number of fused-ring (bicyclic) bond motifs is 1. The Hall–Kier alpha value is -3.29. The fourth-order valence-corrected chi connectivity index (χ4v) is 2.47. The maximum atomic E-state index is 12.9. The van der Waals surface area contributed by atoms with E-state index in [0.717, 1.165) is 5.56 Å². The second-order valence-corrected chi connectivity index (χ2v) is 6.20. The van der Waals surface area contributed by atoms with Gasteiger partial charge >= 0.3 is 5.97 Å². The van der Waals surface area contributed by atoms with Gasteiger partial charge in [-0.2, -0.15) is 0 Å². The molecule has 0 aliphatic carbocycles. The number of benzene rings is 2. The lowest BCUT2D eigenvalue weighted by Crippen LogP contribution is -2.38. The average Bonchev–Trinajstić information content (AvgIpc) is 3.15. The topological polar surface area (TPSA) is 83.1 Å². The van der Waals surface area contributed by atoms with E-state index in [1.54, 1.807) is 12.1 Å². The van der Waals surface area contributed by atoms with E-state index in [4.69, 9.17) is 18.9 Å². The number of halogens is 1. The van der Waals surface area contributed by atoms with Crippen LogP contribution in [0, 0.1) is 5.82 Å². The van der Waals surface area contributed by atoms with Crippen LogP contribution in [0.3, 0.4) is 0 Å². The van der Waals surface area contributed by atoms with Crippen LogP contribution in [0.2, 0.25) is 0 Å². The number of carbonyl (C=O) groups excluding carboxylic acids is 2. The lowest BCUT2D eigenvalue weighted by atomic mass is 10.2. The zero-order valence-corrected chi connectivity index (χ0v) is 15.4. The lowest BCUT2D eigenvalue weighted by molar-refractivity contribution is -0.160. The molecule has 2 aromatic carbocycles. The quantitative estimate of drug-likeness (QED) is 0.733. The number of esters is 1. The molecule has 0 aromatic heterocycles. The first kappa shape index (κ1) is 19.5. The number of nitrogens with one attached hydrogen (secondary N) is 1. The highest BCUT2D eigenvalue weighted by Crippen LogP contribution is 2.32. The van der Waals surface area contributed by atoms with E-state index in [1.165, 1.54) is 38.1 Å². The average molecular weight is 389 g/mol. The molecule has 0 unspecified atom stereocenters. The summed E-state index contributed by atoms with van der Waals surface area (Å²) >= 11 is 0. The highest BCUT2D eigenvalue weighted by atomic mass is 19.1. The van der Waals surface area contributed by atoms with Crippen LogP contribution in [0.15, 0.2) is 42.5 Å². The molecule has 1 amide bonds. The summed E-state index contributed by atoms with van der Waals surface area (Å²) in [7, 11) is 0. The minimum atomic E-state index is -0.999. The van der Waals surface area contributed by atoms with Gasteiger partial charge < -0.3 is 24.3 Å². The molecule has 2 atom stereocenters. The Balaban J connectivity index is 1.46. The number of amides is 1. The maximum Gasteiger partial charge on any atom is 0.347 e. The van der Waals surface area contributed by atoms with Gasteiger partial charge in [0.25, 0.3) is 5.91 Å². The van der Waals surface area contributed by atoms with E-state index in [0.29, 0.717) is 17.2 Å². The standard InChI is InChI=1S/C20H20FNO6/c1-12(28-20(24)13(2)27-16-6-4-15(21)5-7-16)19(23)22-10-14-3-8-17-18(9-14)26-11-25-17/h3-9,12-13H,10-11H2,1-2H3,(H,22,23)/t12-,13+/m1/s1. The van der Waals surface area contributed by atoms with Gasteiger partial charge in [-0.1, -0.05) is 6.07 Å². The third-order valence-electron chi connectivity index (χ3n) is 4.02. The van der Waals surface area contributed by atoms with Crippen LogP contribution in [0.25, 0.3) is 0 Å². The molecule has 148 valence electrons. The second kappa shape index (κ2) is 8.60. The molecule has 1 heterocycles. The van der Waals surface area contributed by atoms with Crippen molar-refractivity contribution < 1.29 is 32.9 Å². The molecule has 0 bridgehead atoms. The van der Waals surface area contributed by atoms with Gasteiger partial charge in [0.1, 0.15) is 11.6 Å². The van der Waals surface area contributed by atoms with Gasteiger partial charge in [0, 0.05) is 6.54 Å². The molecule has 0 saturated heterocycles. The monoisotopic (exact) mass is 389 g/mol. The van der Waals surface area contributed by atoms with Crippen molar-refractivity contribution in [2.45, 2.75) is 32.6 Å². The first-order valence-electron chi connectivity index (χ1n) is 8.71. The van der Waals surface area contributed by atoms with Gasteiger partial charge in [0.05, 0.1) is 0 Å². The normalized spacial score (nSPS) is 14.1. The van der Waals surface area contributed by atoms with Crippen molar-refractivity contribution in [3.8, 4) is 17.2 Å². The predicted octanol–water partition coefficient (Wildman–Crippen LogP) is 2.57. The number of rotatable bonds is 7. The van der Waals surface area contributed by atoms with E-state index < -0.39 is 29.9 Å². The third-order valence-corrected chi connectivity index (χ3v) is 4.02. The van der Waals surface area contributed by atoms with Crippen LogP contribution in [0.1, 0.15) is 19.4 Å². The third kappa shape index (κ3) is 4.91. The summed E-state index contributed by atoms with van der Waals surface area (Å²) in [5.41, 5.74) is 0.823. The number of hydrogen-bond donors (Lipinski definition) is 1. The smallest absolute Gasteiger partial charge is 0.347 e. The molecule has 2 aromatic rings. The zero-order valence-electron chi connectivity index (χ0n) is 15.4. The van der Waals surface area contributed by atoms with E-state index in [9.17, 15) is 14.0 Å². The van der Waals surface area contributed by atoms with Gasteiger partial charge in [-0.25, -0.2) is 9.18 Å². The van der Waals surface area contributed by atoms with Crippen molar-refractivity contribution in [1.29, 1.82) is 0 Å². The van der Waals surface area contributed by atoms with Gasteiger partial charge in [0.15, 0.2) is 23.7 Å². The van der Waals surface area contributed by atoms with E-state index in [1.807, 2.05) is 6.07 Å². The Morgan fingerprint density at radius 2 is 1.79 bits per heavy atom. The Labute approximate surface area is 161 Å². The SMILES string of the molecule is C[C@H](Oc1ccc(F)cc1)C(=O)O[C@H](C)C(=O)NCc1ccc2c(c1)OCO2. The van der Waals surface area contributed by atoms with Crippen LogP contribution in [0.4, 0.5) is 4.39 Å². The molecule has 1 N–H and O–H groups in total.